The summed E-state index contributed by atoms with van der Waals surface area (Å²) in [5, 5.41) is 3.09. The maximum absolute atomic E-state index is 6.27. The Labute approximate surface area is 212 Å². The van der Waals surface area contributed by atoms with Crippen LogP contribution >= 0.6 is 11.3 Å². The summed E-state index contributed by atoms with van der Waals surface area (Å²) in [6.45, 7) is 17.9. The lowest BCUT2D eigenvalue weighted by molar-refractivity contribution is 0.164. The summed E-state index contributed by atoms with van der Waals surface area (Å²) in [4.78, 5) is 13.5. The molecule has 4 N–H and O–H groups in total. The highest BCUT2D eigenvalue weighted by atomic mass is 32.1. The van der Waals surface area contributed by atoms with E-state index < -0.39 is 0 Å². The van der Waals surface area contributed by atoms with E-state index in [1.165, 1.54) is 6.42 Å². The minimum Gasteiger partial charge on any atom is -0.447 e. The molecular formula is C26H50N6OS. The molecule has 0 bridgehead atoms. The smallest absolute Gasteiger partial charge is 0.211 e. The Morgan fingerprint density at radius 1 is 0.882 bits per heavy atom. The fraction of sp³-hybridized carbons (Fsp3) is 0.769. The van der Waals surface area contributed by atoms with Crippen LogP contribution in [0.4, 0.5) is 0 Å². The van der Waals surface area contributed by atoms with Crippen LogP contribution in [0.3, 0.4) is 0 Å². The first-order valence-corrected chi connectivity index (χ1v) is 12.6. The number of hydrogen-bond donors (Lipinski definition) is 2. The first-order chi connectivity index (χ1) is 15.0. The minimum absolute atomic E-state index is 0. The average Bonchev–Trinajstić information content (AvgIpc) is 3.52. The van der Waals surface area contributed by atoms with Crippen LogP contribution in [-0.4, -0.2) is 57.0 Å². The van der Waals surface area contributed by atoms with Gasteiger partial charge in [0.15, 0.2) is 0 Å². The van der Waals surface area contributed by atoms with Crippen LogP contribution in [0, 0.1) is 11.8 Å². The predicted molar refractivity (Wildman–Crippen MR) is 145 cm³/mol. The van der Waals surface area contributed by atoms with Crippen LogP contribution in [0.5, 0.6) is 0 Å². The van der Waals surface area contributed by atoms with Gasteiger partial charge < -0.3 is 15.9 Å². The van der Waals surface area contributed by atoms with Crippen LogP contribution in [0.25, 0.3) is 0 Å². The van der Waals surface area contributed by atoms with Gasteiger partial charge in [0.05, 0.1) is 18.3 Å². The zero-order chi connectivity index (χ0) is 23.5. The van der Waals surface area contributed by atoms with Crippen LogP contribution in [0.2, 0.25) is 0 Å². The van der Waals surface area contributed by atoms with Crippen molar-refractivity contribution < 1.29 is 4.42 Å². The first-order valence-electron chi connectivity index (χ1n) is 11.8. The summed E-state index contributed by atoms with van der Waals surface area (Å²) >= 11 is 1.67. The number of aromatic nitrogens is 2. The maximum atomic E-state index is 6.27. The van der Waals surface area contributed by atoms with Gasteiger partial charge in [0.2, 0.25) is 5.89 Å². The van der Waals surface area contributed by atoms with Crippen molar-refractivity contribution in [2.24, 2.45) is 23.3 Å². The number of nitrogens with two attached hydrogens (primary N) is 2. The number of likely N-dealkylation sites (tertiary alicyclic amines) is 2. The van der Waals surface area contributed by atoms with Crippen molar-refractivity contribution in [3.63, 3.8) is 0 Å². The van der Waals surface area contributed by atoms with Crippen LogP contribution in [0.15, 0.2) is 28.5 Å². The maximum Gasteiger partial charge on any atom is 0.211 e. The number of hydrogen-bond acceptors (Lipinski definition) is 8. The second-order valence-corrected chi connectivity index (χ2v) is 12.0. The van der Waals surface area contributed by atoms with Crippen molar-refractivity contribution >= 4 is 11.3 Å². The molecule has 0 aromatic carbocycles. The van der Waals surface area contributed by atoms with Gasteiger partial charge in [0.25, 0.3) is 0 Å². The highest BCUT2D eigenvalue weighted by molar-refractivity contribution is 7.09. The minimum atomic E-state index is -0.0673. The van der Waals surface area contributed by atoms with Crippen LogP contribution < -0.4 is 11.5 Å². The molecule has 2 fully saturated rings. The molecule has 4 atom stereocenters. The van der Waals surface area contributed by atoms with Gasteiger partial charge in [-0.3, -0.25) is 9.80 Å². The molecule has 34 heavy (non-hydrogen) atoms. The van der Waals surface area contributed by atoms with E-state index in [4.69, 9.17) is 15.9 Å². The molecular weight excluding hydrogens is 444 g/mol. The van der Waals surface area contributed by atoms with Gasteiger partial charge in [0.1, 0.15) is 11.3 Å². The summed E-state index contributed by atoms with van der Waals surface area (Å²) in [6, 6.07) is 0.0506. The highest BCUT2D eigenvalue weighted by Crippen LogP contribution is 2.33. The third kappa shape index (κ3) is 7.85. The van der Waals surface area contributed by atoms with E-state index in [1.807, 2.05) is 11.6 Å². The molecule has 0 amide bonds. The van der Waals surface area contributed by atoms with E-state index in [0.717, 1.165) is 37.6 Å². The van der Waals surface area contributed by atoms with E-state index in [-0.39, 0.29) is 38.0 Å². The highest BCUT2D eigenvalue weighted by Gasteiger charge is 2.35. The number of rotatable bonds is 4. The Morgan fingerprint density at radius 3 is 1.79 bits per heavy atom. The lowest BCUT2D eigenvalue weighted by atomic mass is 9.99. The van der Waals surface area contributed by atoms with Gasteiger partial charge in [-0.25, -0.2) is 9.97 Å². The van der Waals surface area contributed by atoms with Gasteiger partial charge in [-0.05, 0) is 79.3 Å². The molecule has 7 nitrogen and oxygen atoms in total. The normalized spacial score (nSPS) is 23.4. The van der Waals surface area contributed by atoms with Gasteiger partial charge in [0, 0.05) is 35.7 Å². The molecule has 2 aromatic rings. The van der Waals surface area contributed by atoms with Gasteiger partial charge >= 0.3 is 0 Å². The summed E-state index contributed by atoms with van der Waals surface area (Å²) < 4.78 is 5.27. The molecule has 2 saturated heterocycles. The fourth-order valence-electron chi connectivity index (χ4n) is 4.58. The molecule has 8 heteroatoms. The zero-order valence-corrected chi connectivity index (χ0v) is 21.4. The number of thiazole rings is 1. The lowest BCUT2D eigenvalue weighted by Gasteiger charge is -2.32. The van der Waals surface area contributed by atoms with Crippen molar-refractivity contribution in [2.75, 3.05) is 26.2 Å². The molecule has 0 aliphatic carbocycles. The summed E-state index contributed by atoms with van der Waals surface area (Å²) in [6.07, 6.45) is 7.41. The molecule has 196 valence electrons. The van der Waals surface area contributed by atoms with Crippen molar-refractivity contribution in [1.29, 1.82) is 0 Å². The quantitative estimate of drug-likeness (QED) is 0.593. The predicted octanol–water partition coefficient (Wildman–Crippen LogP) is 5.33. The van der Waals surface area contributed by atoms with Gasteiger partial charge in [-0.15, -0.1) is 11.3 Å². The van der Waals surface area contributed by atoms with E-state index in [1.54, 1.807) is 23.8 Å². The van der Waals surface area contributed by atoms with Crippen molar-refractivity contribution in [3.8, 4) is 0 Å². The largest absolute Gasteiger partial charge is 0.447 e. The molecule has 2 aliphatic heterocycles. The summed E-state index contributed by atoms with van der Waals surface area (Å²) in [5.74, 6) is 1.68. The molecule has 0 spiro atoms. The first kappa shape index (κ1) is 30.7. The summed E-state index contributed by atoms with van der Waals surface area (Å²) in [5.41, 5.74) is 12.9. The Balaban J connectivity index is 0.000000321. The van der Waals surface area contributed by atoms with E-state index in [2.05, 4.69) is 61.3 Å². The summed E-state index contributed by atoms with van der Waals surface area (Å²) in [7, 11) is 0. The van der Waals surface area contributed by atoms with Crippen LogP contribution in [-0.2, 0) is 0 Å². The average molecular weight is 495 g/mol. The van der Waals surface area contributed by atoms with Crippen LogP contribution in [0.1, 0.15) is 92.2 Å². The standard InChI is InChI=1S/C12H21N3O.C12H21N3S.2CH4/c2*1-12(2,3)15-6-4-9(8-15)10(13)11-14-5-7-16-11;;/h2*5,7,9-10H,4,6,8,13H2,1-3H3;2*1H4/t2*9-,10?;;/m11../s1. The monoisotopic (exact) mass is 494 g/mol. The van der Waals surface area contributed by atoms with Crippen molar-refractivity contribution in [3.05, 3.63) is 34.9 Å². The second-order valence-electron chi connectivity index (χ2n) is 11.1. The van der Waals surface area contributed by atoms with E-state index in [0.29, 0.717) is 17.7 Å². The molecule has 2 unspecified atom stereocenters. The molecule has 2 aromatic heterocycles. The molecule has 4 rings (SSSR count). The molecule has 0 saturated carbocycles. The molecule has 4 heterocycles. The molecule has 2 aliphatic rings. The Kier molecular flexibility index (Phi) is 11.4. The van der Waals surface area contributed by atoms with Gasteiger partial charge in [-0.1, -0.05) is 14.9 Å². The Bertz CT molecular complexity index is 728. The molecule has 0 radical (unpaired) electrons. The topological polar surface area (TPSA) is 97.4 Å². The number of nitrogens with zero attached hydrogens (tertiary/aromatic N) is 4. The Hall–Kier alpha value is -1.32. The zero-order valence-electron chi connectivity index (χ0n) is 20.6. The SMILES string of the molecule is C.C.CC(C)(C)N1CC[C@@H](C(N)c2ncco2)C1.CC(C)(C)N1CC[C@@H](C(N)c2nccs2)C1. The fourth-order valence-corrected chi connectivity index (χ4v) is 5.31. The number of oxazole rings is 1. The Morgan fingerprint density at radius 2 is 1.41 bits per heavy atom. The third-order valence-corrected chi connectivity index (χ3v) is 7.71. The van der Waals surface area contributed by atoms with E-state index >= 15 is 0 Å². The van der Waals surface area contributed by atoms with Gasteiger partial charge in [-0.2, -0.15) is 0 Å². The lowest BCUT2D eigenvalue weighted by Crippen LogP contribution is -2.40. The van der Waals surface area contributed by atoms with Crippen molar-refractivity contribution in [2.45, 2.75) is 92.4 Å². The van der Waals surface area contributed by atoms with E-state index in [9.17, 15) is 0 Å². The third-order valence-electron chi connectivity index (χ3n) is 6.84. The second kappa shape index (κ2) is 12.6. The van der Waals surface area contributed by atoms with Crippen molar-refractivity contribution in [1.82, 2.24) is 19.8 Å².